The molecule has 0 unspecified atom stereocenters. The lowest BCUT2D eigenvalue weighted by molar-refractivity contribution is -0.142. The van der Waals surface area contributed by atoms with Crippen molar-refractivity contribution in [2.45, 2.75) is 26.2 Å². The third-order valence-corrected chi connectivity index (χ3v) is 3.26. The molecule has 1 aliphatic rings. The van der Waals surface area contributed by atoms with Crippen LogP contribution in [0.1, 0.15) is 26.2 Å². The van der Waals surface area contributed by atoms with Crippen LogP contribution in [0, 0.1) is 11.8 Å². The normalized spacial score (nSPS) is 22.6. The summed E-state index contributed by atoms with van der Waals surface area (Å²) in [6.07, 6.45) is 1.52. The van der Waals surface area contributed by atoms with Gasteiger partial charge in [0, 0.05) is 19.5 Å². The second kappa shape index (κ2) is 6.37. The standard InChI is InChI=1S/C12H20N2O4/c1-3-13-10(15)7-14(2)11(16)8-4-5-9(6-8)12(17)18/h8-9H,3-7H2,1-2H3,(H,13,15)(H,17,18)/t8-,9+/m1/s1. The van der Waals surface area contributed by atoms with E-state index >= 15 is 0 Å². The molecule has 0 heterocycles. The minimum Gasteiger partial charge on any atom is -0.481 e. The molecule has 0 aromatic carbocycles. The van der Waals surface area contributed by atoms with Gasteiger partial charge >= 0.3 is 5.97 Å². The van der Waals surface area contributed by atoms with Crippen molar-refractivity contribution in [3.8, 4) is 0 Å². The van der Waals surface area contributed by atoms with Crippen LogP contribution in [-0.4, -0.2) is 47.9 Å². The Bertz CT molecular complexity index is 343. The van der Waals surface area contributed by atoms with Crippen molar-refractivity contribution >= 4 is 17.8 Å². The third-order valence-electron chi connectivity index (χ3n) is 3.26. The predicted molar refractivity (Wildman–Crippen MR) is 64.8 cm³/mol. The van der Waals surface area contributed by atoms with E-state index in [1.807, 2.05) is 6.92 Å². The maximum absolute atomic E-state index is 12.0. The van der Waals surface area contributed by atoms with Crippen molar-refractivity contribution < 1.29 is 19.5 Å². The van der Waals surface area contributed by atoms with Gasteiger partial charge in [0.15, 0.2) is 0 Å². The fourth-order valence-electron chi connectivity index (χ4n) is 2.29. The number of carbonyl (C=O) groups is 3. The number of amides is 2. The van der Waals surface area contributed by atoms with Gasteiger partial charge in [-0.25, -0.2) is 0 Å². The summed E-state index contributed by atoms with van der Waals surface area (Å²) in [4.78, 5) is 35.5. The number of hydrogen-bond acceptors (Lipinski definition) is 3. The number of aliphatic carboxylic acids is 1. The fraction of sp³-hybridized carbons (Fsp3) is 0.750. The average Bonchev–Trinajstić information content (AvgIpc) is 2.77. The highest BCUT2D eigenvalue weighted by atomic mass is 16.4. The Balaban J connectivity index is 2.45. The Kier molecular flexibility index (Phi) is 5.12. The molecule has 2 atom stereocenters. The summed E-state index contributed by atoms with van der Waals surface area (Å²) < 4.78 is 0. The number of carboxylic acid groups (broad SMARTS) is 1. The van der Waals surface area contributed by atoms with E-state index in [2.05, 4.69) is 5.32 Å². The van der Waals surface area contributed by atoms with Gasteiger partial charge in [-0.1, -0.05) is 0 Å². The molecular weight excluding hydrogens is 236 g/mol. The summed E-state index contributed by atoms with van der Waals surface area (Å²) >= 11 is 0. The molecule has 1 saturated carbocycles. The smallest absolute Gasteiger partial charge is 0.306 e. The van der Waals surface area contributed by atoms with Crippen LogP contribution < -0.4 is 5.32 Å². The van der Waals surface area contributed by atoms with Crippen LogP contribution in [0.2, 0.25) is 0 Å². The van der Waals surface area contributed by atoms with Crippen molar-refractivity contribution in [1.29, 1.82) is 0 Å². The molecule has 1 aliphatic carbocycles. The molecule has 0 radical (unpaired) electrons. The SMILES string of the molecule is CCNC(=O)CN(C)C(=O)[C@@H]1CC[C@H](C(=O)O)C1. The molecule has 102 valence electrons. The maximum Gasteiger partial charge on any atom is 0.306 e. The number of hydrogen-bond donors (Lipinski definition) is 2. The van der Waals surface area contributed by atoms with Crippen LogP contribution >= 0.6 is 0 Å². The lowest BCUT2D eigenvalue weighted by Gasteiger charge is -2.20. The highest BCUT2D eigenvalue weighted by Gasteiger charge is 2.35. The van der Waals surface area contributed by atoms with Gasteiger partial charge < -0.3 is 15.3 Å². The molecule has 18 heavy (non-hydrogen) atoms. The van der Waals surface area contributed by atoms with E-state index < -0.39 is 11.9 Å². The van der Waals surface area contributed by atoms with Gasteiger partial charge in [0.2, 0.25) is 11.8 Å². The Morgan fingerprint density at radius 3 is 2.39 bits per heavy atom. The summed E-state index contributed by atoms with van der Waals surface area (Å²) in [5.74, 6) is -1.84. The van der Waals surface area contributed by atoms with Crippen molar-refractivity contribution in [1.82, 2.24) is 10.2 Å². The molecule has 2 amide bonds. The van der Waals surface area contributed by atoms with E-state index in [0.29, 0.717) is 25.8 Å². The van der Waals surface area contributed by atoms with E-state index in [-0.39, 0.29) is 24.3 Å². The number of rotatable bonds is 5. The highest BCUT2D eigenvalue weighted by molar-refractivity contribution is 5.86. The first kappa shape index (κ1) is 14.5. The molecule has 0 saturated heterocycles. The Morgan fingerprint density at radius 2 is 1.89 bits per heavy atom. The van der Waals surface area contributed by atoms with Crippen LogP contribution in [-0.2, 0) is 14.4 Å². The number of nitrogens with zero attached hydrogens (tertiary/aromatic N) is 1. The van der Waals surface area contributed by atoms with Crippen molar-refractivity contribution in [3.05, 3.63) is 0 Å². The third kappa shape index (κ3) is 3.72. The highest BCUT2D eigenvalue weighted by Crippen LogP contribution is 2.32. The number of nitrogens with one attached hydrogen (secondary N) is 1. The van der Waals surface area contributed by atoms with Crippen LogP contribution in [0.5, 0.6) is 0 Å². The molecular formula is C12H20N2O4. The molecule has 0 aromatic rings. The first-order valence-corrected chi connectivity index (χ1v) is 6.20. The number of carboxylic acids is 1. The summed E-state index contributed by atoms with van der Waals surface area (Å²) in [5.41, 5.74) is 0. The van der Waals surface area contributed by atoms with Crippen LogP contribution in [0.3, 0.4) is 0 Å². The molecule has 0 aliphatic heterocycles. The Labute approximate surface area is 106 Å². The monoisotopic (exact) mass is 256 g/mol. The minimum atomic E-state index is -0.836. The van der Waals surface area contributed by atoms with Crippen molar-refractivity contribution in [3.63, 3.8) is 0 Å². The first-order valence-electron chi connectivity index (χ1n) is 6.20. The molecule has 6 nitrogen and oxygen atoms in total. The van der Waals surface area contributed by atoms with Crippen LogP contribution in [0.15, 0.2) is 0 Å². The summed E-state index contributed by atoms with van der Waals surface area (Å²) in [7, 11) is 1.58. The first-order chi connectivity index (χ1) is 8.45. The molecule has 6 heteroatoms. The van der Waals surface area contributed by atoms with E-state index in [4.69, 9.17) is 5.11 Å². The zero-order valence-electron chi connectivity index (χ0n) is 10.8. The molecule has 1 rings (SSSR count). The van der Waals surface area contributed by atoms with Gasteiger partial charge in [0.25, 0.3) is 0 Å². The second-order valence-electron chi connectivity index (χ2n) is 4.69. The zero-order chi connectivity index (χ0) is 13.7. The molecule has 0 spiro atoms. The maximum atomic E-state index is 12.0. The van der Waals surface area contributed by atoms with Gasteiger partial charge in [0.05, 0.1) is 12.5 Å². The predicted octanol–water partition coefficient (Wildman–Crippen LogP) is 0.0818. The lowest BCUT2D eigenvalue weighted by atomic mass is 10.0. The van der Waals surface area contributed by atoms with Gasteiger partial charge in [-0.15, -0.1) is 0 Å². The van der Waals surface area contributed by atoms with E-state index in [9.17, 15) is 14.4 Å². The van der Waals surface area contributed by atoms with Crippen molar-refractivity contribution in [2.24, 2.45) is 11.8 Å². The summed E-state index contributed by atoms with van der Waals surface area (Å²) in [5, 5.41) is 11.5. The van der Waals surface area contributed by atoms with Crippen LogP contribution in [0.25, 0.3) is 0 Å². The molecule has 1 fully saturated rings. The fourth-order valence-corrected chi connectivity index (χ4v) is 2.29. The largest absolute Gasteiger partial charge is 0.481 e. The van der Waals surface area contributed by atoms with E-state index in [1.165, 1.54) is 4.90 Å². The van der Waals surface area contributed by atoms with Gasteiger partial charge in [-0.3, -0.25) is 14.4 Å². The topological polar surface area (TPSA) is 86.7 Å². The number of carbonyl (C=O) groups excluding carboxylic acids is 2. The summed E-state index contributed by atoms with van der Waals surface area (Å²) in [6, 6.07) is 0. The van der Waals surface area contributed by atoms with Crippen molar-refractivity contribution in [2.75, 3.05) is 20.1 Å². The molecule has 2 N–H and O–H groups in total. The van der Waals surface area contributed by atoms with E-state index in [0.717, 1.165) is 0 Å². The van der Waals surface area contributed by atoms with Gasteiger partial charge in [0.1, 0.15) is 0 Å². The van der Waals surface area contributed by atoms with Gasteiger partial charge in [-0.2, -0.15) is 0 Å². The molecule has 0 aromatic heterocycles. The zero-order valence-corrected chi connectivity index (χ0v) is 10.8. The Hall–Kier alpha value is -1.59. The molecule has 0 bridgehead atoms. The lowest BCUT2D eigenvalue weighted by Crippen LogP contribution is -2.40. The van der Waals surface area contributed by atoms with Gasteiger partial charge in [-0.05, 0) is 26.2 Å². The average molecular weight is 256 g/mol. The number of likely N-dealkylation sites (N-methyl/N-ethyl adjacent to an activating group) is 2. The minimum absolute atomic E-state index is 0.0287. The van der Waals surface area contributed by atoms with Crippen LogP contribution in [0.4, 0.5) is 0 Å². The second-order valence-corrected chi connectivity index (χ2v) is 4.69. The summed E-state index contributed by atoms with van der Waals surface area (Å²) in [6.45, 7) is 2.38. The Morgan fingerprint density at radius 1 is 1.28 bits per heavy atom. The quantitative estimate of drug-likeness (QED) is 0.729. The van der Waals surface area contributed by atoms with E-state index in [1.54, 1.807) is 7.05 Å².